The fourth-order valence-corrected chi connectivity index (χ4v) is 2.11. The van der Waals surface area contributed by atoms with Gasteiger partial charge in [0.1, 0.15) is 0 Å². The smallest absolute Gasteiger partial charge is 0.422 e. The Morgan fingerprint density at radius 2 is 1.84 bits per heavy atom. The van der Waals surface area contributed by atoms with Gasteiger partial charge >= 0.3 is 18.2 Å². The van der Waals surface area contributed by atoms with Gasteiger partial charge in [-0.1, -0.05) is 6.92 Å². The first-order valence-corrected chi connectivity index (χ1v) is 5.88. The van der Waals surface area contributed by atoms with Crippen LogP contribution in [-0.4, -0.2) is 46.3 Å². The van der Waals surface area contributed by atoms with Crippen molar-refractivity contribution in [3.8, 4) is 0 Å². The number of alkyl halides is 3. The van der Waals surface area contributed by atoms with Gasteiger partial charge < -0.3 is 15.3 Å². The van der Waals surface area contributed by atoms with Gasteiger partial charge in [0.05, 0.1) is 0 Å². The molecule has 0 aromatic carbocycles. The fraction of sp³-hybridized carbons (Fsp3) is 0.818. The lowest BCUT2D eigenvalue weighted by Crippen LogP contribution is -2.64. The van der Waals surface area contributed by atoms with Gasteiger partial charge in [-0.15, -0.1) is 0 Å². The van der Waals surface area contributed by atoms with Crippen molar-refractivity contribution in [3.63, 3.8) is 0 Å². The van der Waals surface area contributed by atoms with Crippen molar-refractivity contribution in [2.24, 2.45) is 5.92 Å². The SMILES string of the molecule is CC1CC(C)N(C(=O)NC(C)(C(=O)O)C(F)(F)F)C1. The number of rotatable bonds is 2. The number of hydrogen-bond donors (Lipinski definition) is 2. The van der Waals surface area contributed by atoms with E-state index in [2.05, 4.69) is 0 Å². The number of hydrogen-bond acceptors (Lipinski definition) is 2. The minimum absolute atomic E-state index is 0.183. The number of carboxylic acids is 1. The van der Waals surface area contributed by atoms with E-state index >= 15 is 0 Å². The van der Waals surface area contributed by atoms with Crippen LogP contribution < -0.4 is 5.32 Å². The molecule has 1 fully saturated rings. The second kappa shape index (κ2) is 4.90. The number of aliphatic carboxylic acids is 1. The van der Waals surface area contributed by atoms with Gasteiger partial charge in [0.15, 0.2) is 0 Å². The van der Waals surface area contributed by atoms with Gasteiger partial charge in [0.25, 0.3) is 0 Å². The molecule has 0 spiro atoms. The molecule has 1 rings (SSSR count). The number of halogens is 3. The summed E-state index contributed by atoms with van der Waals surface area (Å²) in [6.45, 7) is 4.36. The highest BCUT2D eigenvalue weighted by atomic mass is 19.4. The van der Waals surface area contributed by atoms with Crippen molar-refractivity contribution in [3.05, 3.63) is 0 Å². The minimum Gasteiger partial charge on any atom is -0.479 e. The minimum atomic E-state index is -5.07. The van der Waals surface area contributed by atoms with E-state index in [1.165, 1.54) is 4.90 Å². The summed E-state index contributed by atoms with van der Waals surface area (Å²) in [5.74, 6) is -1.95. The molecule has 3 atom stereocenters. The Morgan fingerprint density at radius 1 is 1.32 bits per heavy atom. The van der Waals surface area contributed by atoms with Gasteiger partial charge in [-0.25, -0.2) is 9.59 Å². The molecule has 0 radical (unpaired) electrons. The third-order valence-corrected chi connectivity index (χ3v) is 3.40. The molecule has 8 heteroatoms. The van der Waals surface area contributed by atoms with Gasteiger partial charge in [0.2, 0.25) is 5.54 Å². The topological polar surface area (TPSA) is 69.6 Å². The number of nitrogens with one attached hydrogen (secondary N) is 1. The van der Waals surface area contributed by atoms with E-state index in [0.717, 1.165) is 0 Å². The summed E-state index contributed by atoms with van der Waals surface area (Å²) in [5, 5.41) is 10.3. The average Bonchev–Trinajstić information content (AvgIpc) is 2.55. The molecular formula is C11H17F3N2O3. The lowest BCUT2D eigenvalue weighted by atomic mass is 10.0. The highest BCUT2D eigenvalue weighted by Crippen LogP contribution is 2.31. The summed E-state index contributed by atoms with van der Waals surface area (Å²) in [6.07, 6.45) is -4.38. The Labute approximate surface area is 108 Å². The Kier molecular flexibility index (Phi) is 4.02. The van der Waals surface area contributed by atoms with Crippen LogP contribution in [0.1, 0.15) is 27.2 Å². The number of carboxylic acid groups (broad SMARTS) is 1. The highest BCUT2D eigenvalue weighted by molar-refractivity contribution is 5.87. The maximum atomic E-state index is 12.8. The van der Waals surface area contributed by atoms with E-state index in [1.54, 1.807) is 12.2 Å². The predicted molar refractivity (Wildman–Crippen MR) is 60.6 cm³/mol. The van der Waals surface area contributed by atoms with Crippen LogP contribution in [0.3, 0.4) is 0 Å². The summed E-state index contributed by atoms with van der Waals surface area (Å²) < 4.78 is 38.3. The molecule has 0 bridgehead atoms. The Hall–Kier alpha value is -1.47. The number of amides is 2. The second-order valence-electron chi connectivity index (χ2n) is 5.20. The molecule has 1 aliphatic rings. The summed E-state index contributed by atoms with van der Waals surface area (Å²) in [7, 11) is 0. The monoisotopic (exact) mass is 282 g/mol. The van der Waals surface area contributed by atoms with E-state index in [0.29, 0.717) is 19.9 Å². The summed E-state index contributed by atoms with van der Waals surface area (Å²) >= 11 is 0. The summed E-state index contributed by atoms with van der Waals surface area (Å²) in [5.41, 5.74) is -3.28. The maximum Gasteiger partial charge on any atom is 0.422 e. The van der Waals surface area contributed by atoms with E-state index in [-0.39, 0.29) is 12.0 Å². The van der Waals surface area contributed by atoms with E-state index in [9.17, 15) is 22.8 Å². The highest BCUT2D eigenvalue weighted by Gasteiger charge is 2.59. The average molecular weight is 282 g/mol. The molecule has 0 aromatic heterocycles. The Balaban J connectivity index is 2.87. The molecule has 5 nitrogen and oxygen atoms in total. The first kappa shape index (κ1) is 15.6. The number of likely N-dealkylation sites (tertiary alicyclic amines) is 1. The molecule has 0 saturated carbocycles. The maximum absolute atomic E-state index is 12.8. The van der Waals surface area contributed by atoms with Crippen molar-refractivity contribution < 1.29 is 27.9 Å². The van der Waals surface area contributed by atoms with Crippen LogP contribution in [0.25, 0.3) is 0 Å². The van der Waals surface area contributed by atoms with Crippen LogP contribution in [0.15, 0.2) is 0 Å². The zero-order valence-electron chi connectivity index (χ0n) is 10.9. The van der Waals surface area contributed by atoms with Crippen LogP contribution in [0.2, 0.25) is 0 Å². The Bertz CT molecular complexity index is 386. The van der Waals surface area contributed by atoms with Gasteiger partial charge in [-0.2, -0.15) is 13.2 Å². The van der Waals surface area contributed by atoms with Crippen molar-refractivity contribution >= 4 is 12.0 Å². The zero-order chi connectivity index (χ0) is 15.0. The number of carbonyl (C=O) groups is 2. The second-order valence-corrected chi connectivity index (χ2v) is 5.20. The molecule has 2 amide bonds. The molecule has 0 aromatic rings. The van der Waals surface area contributed by atoms with Crippen LogP contribution in [0.5, 0.6) is 0 Å². The van der Waals surface area contributed by atoms with Gasteiger partial charge in [0, 0.05) is 12.6 Å². The van der Waals surface area contributed by atoms with Gasteiger partial charge in [-0.05, 0) is 26.2 Å². The first-order valence-electron chi connectivity index (χ1n) is 5.88. The zero-order valence-corrected chi connectivity index (χ0v) is 10.9. The summed E-state index contributed by atoms with van der Waals surface area (Å²) in [4.78, 5) is 23.9. The molecule has 0 aliphatic carbocycles. The molecule has 1 saturated heterocycles. The van der Waals surface area contributed by atoms with Crippen LogP contribution in [-0.2, 0) is 4.79 Å². The molecule has 1 aliphatic heterocycles. The van der Waals surface area contributed by atoms with Crippen LogP contribution in [0, 0.1) is 5.92 Å². The van der Waals surface area contributed by atoms with Crippen molar-refractivity contribution in [2.75, 3.05) is 6.54 Å². The van der Waals surface area contributed by atoms with Crippen LogP contribution >= 0.6 is 0 Å². The number of urea groups is 1. The van der Waals surface area contributed by atoms with Crippen molar-refractivity contribution in [1.29, 1.82) is 0 Å². The third-order valence-electron chi connectivity index (χ3n) is 3.40. The van der Waals surface area contributed by atoms with Crippen LogP contribution in [0.4, 0.5) is 18.0 Å². The van der Waals surface area contributed by atoms with E-state index in [4.69, 9.17) is 5.11 Å². The molecule has 110 valence electrons. The lowest BCUT2D eigenvalue weighted by molar-refractivity contribution is -0.203. The first-order chi connectivity index (χ1) is 8.49. The molecule has 1 heterocycles. The summed E-state index contributed by atoms with van der Waals surface area (Å²) in [6, 6.07) is -1.21. The number of carbonyl (C=O) groups excluding carboxylic acids is 1. The van der Waals surface area contributed by atoms with Crippen molar-refractivity contribution in [1.82, 2.24) is 10.2 Å². The standard InChI is InChI=1S/C11H17F3N2O3/c1-6-4-7(2)16(5-6)9(19)15-10(3,8(17)18)11(12,13)14/h6-7H,4-5H2,1-3H3,(H,15,19)(H,17,18). The fourth-order valence-electron chi connectivity index (χ4n) is 2.11. The van der Waals surface area contributed by atoms with E-state index < -0.39 is 23.7 Å². The molecule has 2 N–H and O–H groups in total. The Morgan fingerprint density at radius 3 is 2.16 bits per heavy atom. The molecular weight excluding hydrogens is 265 g/mol. The van der Waals surface area contributed by atoms with Gasteiger partial charge in [-0.3, -0.25) is 0 Å². The molecule has 19 heavy (non-hydrogen) atoms. The quantitative estimate of drug-likeness (QED) is 0.811. The normalized spacial score (nSPS) is 26.9. The number of nitrogens with zero attached hydrogens (tertiary/aromatic N) is 1. The predicted octanol–water partition coefficient (Wildman–Crippen LogP) is 1.83. The molecule has 3 unspecified atom stereocenters. The largest absolute Gasteiger partial charge is 0.479 e. The van der Waals surface area contributed by atoms with E-state index in [1.807, 2.05) is 6.92 Å². The van der Waals surface area contributed by atoms with Crippen molar-refractivity contribution in [2.45, 2.75) is 44.9 Å². The third kappa shape index (κ3) is 2.93. The lowest BCUT2D eigenvalue weighted by Gasteiger charge is -2.32.